The summed E-state index contributed by atoms with van der Waals surface area (Å²) in [5.41, 5.74) is 3.51. The number of hydrogen-bond acceptors (Lipinski definition) is 4. The van der Waals surface area contributed by atoms with E-state index in [1.807, 2.05) is 36.4 Å². The van der Waals surface area contributed by atoms with Crippen LogP contribution >= 0.6 is 0 Å². The summed E-state index contributed by atoms with van der Waals surface area (Å²) >= 11 is 0. The number of aromatic nitrogens is 3. The van der Waals surface area contributed by atoms with Crippen molar-refractivity contribution in [2.75, 3.05) is 5.32 Å². The van der Waals surface area contributed by atoms with Crippen LogP contribution in [0.3, 0.4) is 0 Å². The summed E-state index contributed by atoms with van der Waals surface area (Å²) in [5, 5.41) is 2.77. The van der Waals surface area contributed by atoms with Crippen molar-refractivity contribution < 1.29 is 9.53 Å². The number of ether oxygens (including phenoxy) is 1. The predicted molar refractivity (Wildman–Crippen MR) is 112 cm³/mol. The van der Waals surface area contributed by atoms with Gasteiger partial charge in [0.25, 0.3) is 0 Å². The number of rotatable bonds is 6. The minimum absolute atomic E-state index is 0.265. The fourth-order valence-electron chi connectivity index (χ4n) is 2.79. The van der Waals surface area contributed by atoms with Gasteiger partial charge in [-0.3, -0.25) is 9.78 Å². The average molecular weight is 386 g/mol. The number of nitrogens with zero attached hydrogens (tertiary/aromatic N) is 1. The summed E-state index contributed by atoms with van der Waals surface area (Å²) in [4.78, 5) is 32.8. The van der Waals surface area contributed by atoms with Gasteiger partial charge in [0.15, 0.2) is 0 Å². The summed E-state index contributed by atoms with van der Waals surface area (Å²) in [6.07, 6.45) is 6.66. The summed E-state index contributed by atoms with van der Waals surface area (Å²) in [7, 11) is 0. The molecule has 0 unspecified atom stereocenters. The number of H-pyrrole nitrogens is 2. The maximum absolute atomic E-state index is 12.1. The van der Waals surface area contributed by atoms with Crippen LogP contribution < -0.4 is 15.7 Å². The van der Waals surface area contributed by atoms with Gasteiger partial charge in [-0.15, -0.1) is 0 Å². The van der Waals surface area contributed by atoms with Gasteiger partial charge in [-0.2, -0.15) is 0 Å². The SMILES string of the molecule is O=C(/C=C/c1ccc(OCc2cccnc2)cc1)Nc1ccc2[nH]c(=O)[nH]c2c1. The number of carbonyl (C=O) groups excluding carboxylic acids is 1. The Bertz CT molecular complexity index is 1210. The number of benzene rings is 2. The molecule has 1 amide bonds. The lowest BCUT2D eigenvalue weighted by molar-refractivity contribution is -0.111. The van der Waals surface area contributed by atoms with E-state index in [-0.39, 0.29) is 11.6 Å². The van der Waals surface area contributed by atoms with Gasteiger partial charge >= 0.3 is 5.69 Å². The fourth-order valence-corrected chi connectivity index (χ4v) is 2.79. The molecule has 0 atom stereocenters. The minimum Gasteiger partial charge on any atom is -0.489 e. The Morgan fingerprint density at radius 2 is 1.90 bits per heavy atom. The molecule has 29 heavy (non-hydrogen) atoms. The summed E-state index contributed by atoms with van der Waals surface area (Å²) in [5.74, 6) is 0.475. The third kappa shape index (κ3) is 4.78. The van der Waals surface area contributed by atoms with Gasteiger partial charge in [-0.1, -0.05) is 18.2 Å². The first kappa shape index (κ1) is 18.2. The number of amides is 1. The Morgan fingerprint density at radius 1 is 1.07 bits per heavy atom. The molecule has 2 heterocycles. The van der Waals surface area contributed by atoms with Crippen molar-refractivity contribution in [3.8, 4) is 5.75 Å². The van der Waals surface area contributed by atoms with E-state index < -0.39 is 0 Å². The highest BCUT2D eigenvalue weighted by atomic mass is 16.5. The molecule has 0 saturated carbocycles. The van der Waals surface area contributed by atoms with Crippen molar-refractivity contribution in [1.29, 1.82) is 0 Å². The summed E-state index contributed by atoms with van der Waals surface area (Å²) in [6.45, 7) is 0.447. The molecule has 0 saturated heterocycles. The molecule has 7 nitrogen and oxygen atoms in total. The molecular formula is C22H18N4O3. The van der Waals surface area contributed by atoms with Crippen molar-refractivity contribution >= 4 is 28.7 Å². The molecule has 0 aliphatic rings. The predicted octanol–water partition coefficient (Wildman–Crippen LogP) is 3.48. The lowest BCUT2D eigenvalue weighted by Crippen LogP contribution is -2.07. The number of nitrogens with one attached hydrogen (secondary N) is 3. The highest BCUT2D eigenvalue weighted by Gasteiger charge is 2.02. The van der Waals surface area contributed by atoms with Gasteiger partial charge in [-0.05, 0) is 48.0 Å². The average Bonchev–Trinajstić information content (AvgIpc) is 3.11. The second-order valence-electron chi connectivity index (χ2n) is 6.38. The zero-order valence-electron chi connectivity index (χ0n) is 15.4. The van der Waals surface area contributed by atoms with Gasteiger partial charge in [0, 0.05) is 29.7 Å². The molecule has 2 aromatic heterocycles. The Hall–Kier alpha value is -4.13. The molecule has 2 aromatic carbocycles. The van der Waals surface area contributed by atoms with Crippen molar-refractivity contribution in [1.82, 2.24) is 15.0 Å². The van der Waals surface area contributed by atoms with Crippen LogP contribution in [0.15, 0.2) is 77.9 Å². The smallest absolute Gasteiger partial charge is 0.323 e. The lowest BCUT2D eigenvalue weighted by atomic mass is 10.2. The van der Waals surface area contributed by atoms with E-state index in [9.17, 15) is 9.59 Å². The number of fused-ring (bicyclic) bond motifs is 1. The first-order valence-corrected chi connectivity index (χ1v) is 8.99. The number of aromatic amines is 2. The zero-order chi connectivity index (χ0) is 20.1. The molecule has 0 fully saturated rings. The van der Waals surface area contributed by atoms with Crippen LogP contribution in [-0.2, 0) is 11.4 Å². The van der Waals surface area contributed by atoms with Gasteiger partial charge in [0.05, 0.1) is 11.0 Å². The molecule has 7 heteroatoms. The van der Waals surface area contributed by atoms with E-state index in [2.05, 4.69) is 20.3 Å². The van der Waals surface area contributed by atoms with Gasteiger partial charge in [0.2, 0.25) is 5.91 Å². The molecule has 0 spiro atoms. The zero-order valence-corrected chi connectivity index (χ0v) is 15.4. The molecule has 0 radical (unpaired) electrons. The molecule has 0 aliphatic carbocycles. The molecule has 3 N–H and O–H groups in total. The van der Waals surface area contributed by atoms with Crippen LogP contribution in [-0.4, -0.2) is 20.9 Å². The van der Waals surface area contributed by atoms with Crippen molar-refractivity contribution in [3.63, 3.8) is 0 Å². The van der Waals surface area contributed by atoms with Crippen LogP contribution in [0.5, 0.6) is 5.75 Å². The first-order valence-electron chi connectivity index (χ1n) is 8.99. The molecule has 144 valence electrons. The van der Waals surface area contributed by atoms with E-state index in [1.54, 1.807) is 36.7 Å². The number of carbonyl (C=O) groups is 1. The highest BCUT2D eigenvalue weighted by Crippen LogP contribution is 2.16. The number of hydrogen-bond donors (Lipinski definition) is 3. The normalized spacial score (nSPS) is 11.0. The maximum Gasteiger partial charge on any atom is 0.323 e. The maximum atomic E-state index is 12.1. The van der Waals surface area contributed by atoms with Crippen molar-refractivity contribution in [2.24, 2.45) is 0 Å². The van der Waals surface area contributed by atoms with Crippen LogP contribution in [0.25, 0.3) is 17.1 Å². The topological polar surface area (TPSA) is 99.9 Å². The van der Waals surface area contributed by atoms with E-state index in [4.69, 9.17) is 4.74 Å². The molecular weight excluding hydrogens is 368 g/mol. The molecule has 4 aromatic rings. The standard InChI is InChI=1S/C22H18N4O3/c27-21(24-17-6-9-19-20(12-17)26-22(28)25-19)10-5-15-3-7-18(8-4-15)29-14-16-2-1-11-23-13-16/h1-13H,14H2,(H,24,27)(H2,25,26,28)/b10-5+. The first-order chi connectivity index (χ1) is 14.2. The van der Waals surface area contributed by atoms with E-state index in [0.29, 0.717) is 23.3 Å². The number of imidazole rings is 1. The van der Waals surface area contributed by atoms with E-state index >= 15 is 0 Å². The Kier molecular flexibility index (Phi) is 5.20. The second kappa shape index (κ2) is 8.26. The Balaban J connectivity index is 1.33. The number of anilines is 1. The summed E-state index contributed by atoms with van der Waals surface area (Å²) in [6, 6.07) is 16.4. The van der Waals surface area contributed by atoms with Crippen molar-refractivity contribution in [2.45, 2.75) is 6.61 Å². The Morgan fingerprint density at radius 3 is 2.69 bits per heavy atom. The monoisotopic (exact) mass is 386 g/mol. The lowest BCUT2D eigenvalue weighted by Gasteiger charge is -2.06. The third-order valence-electron chi connectivity index (χ3n) is 4.22. The van der Waals surface area contributed by atoms with Gasteiger partial charge < -0.3 is 20.0 Å². The van der Waals surface area contributed by atoms with Gasteiger partial charge in [0.1, 0.15) is 12.4 Å². The Labute approximate surface area is 166 Å². The van der Waals surface area contributed by atoms with Crippen LogP contribution in [0, 0.1) is 0 Å². The molecule has 4 rings (SSSR count). The fraction of sp³-hybridized carbons (Fsp3) is 0.0455. The third-order valence-corrected chi connectivity index (χ3v) is 4.22. The van der Waals surface area contributed by atoms with Crippen LogP contribution in [0.4, 0.5) is 5.69 Å². The van der Waals surface area contributed by atoms with Crippen LogP contribution in [0.1, 0.15) is 11.1 Å². The highest BCUT2D eigenvalue weighted by molar-refractivity contribution is 6.02. The minimum atomic E-state index is -0.281. The van der Waals surface area contributed by atoms with E-state index in [1.165, 1.54) is 6.08 Å². The molecule has 0 aliphatic heterocycles. The molecule has 0 bridgehead atoms. The summed E-state index contributed by atoms with van der Waals surface area (Å²) < 4.78 is 5.72. The number of pyridine rings is 1. The van der Waals surface area contributed by atoms with Gasteiger partial charge in [-0.25, -0.2) is 4.79 Å². The largest absolute Gasteiger partial charge is 0.489 e. The second-order valence-corrected chi connectivity index (χ2v) is 6.38. The van der Waals surface area contributed by atoms with E-state index in [0.717, 1.165) is 16.9 Å². The van der Waals surface area contributed by atoms with Crippen LogP contribution in [0.2, 0.25) is 0 Å². The van der Waals surface area contributed by atoms with Crippen molar-refractivity contribution in [3.05, 3.63) is 94.7 Å². The quantitative estimate of drug-likeness (QED) is 0.442.